The number of hydrogen-bond donors (Lipinski definition) is 0. The quantitative estimate of drug-likeness (QED) is 0.579. The zero-order chi connectivity index (χ0) is 21.1. The van der Waals surface area contributed by atoms with Crippen molar-refractivity contribution in [3.63, 3.8) is 0 Å². The Bertz CT molecular complexity index is 935. The number of rotatable bonds is 1. The van der Waals surface area contributed by atoms with Crippen molar-refractivity contribution < 1.29 is 19.1 Å². The van der Waals surface area contributed by atoms with Gasteiger partial charge in [-0.3, -0.25) is 14.4 Å². The van der Waals surface area contributed by atoms with E-state index in [0.29, 0.717) is 36.0 Å². The highest BCUT2D eigenvalue weighted by Crippen LogP contribution is 2.79. The molecule has 0 radical (unpaired) electrons. The van der Waals surface area contributed by atoms with Gasteiger partial charge >= 0.3 is 5.97 Å². The molecule has 0 aromatic rings. The van der Waals surface area contributed by atoms with E-state index in [1.54, 1.807) is 13.0 Å². The molecule has 5 fully saturated rings. The van der Waals surface area contributed by atoms with E-state index in [9.17, 15) is 14.4 Å². The highest BCUT2D eigenvalue weighted by Gasteiger charge is 2.79. The minimum Gasteiger partial charge on any atom is -0.458 e. The summed E-state index contributed by atoms with van der Waals surface area (Å²) in [5.74, 6) is 2.54. The van der Waals surface area contributed by atoms with Crippen LogP contribution in [0.15, 0.2) is 23.8 Å². The average molecular weight is 427 g/mol. The molecule has 6 aliphatic rings. The van der Waals surface area contributed by atoms with Crippen LogP contribution >= 0.6 is 11.8 Å². The van der Waals surface area contributed by atoms with Gasteiger partial charge in [-0.15, -0.1) is 0 Å². The molecule has 6 unspecified atom stereocenters. The Labute approximate surface area is 182 Å². The summed E-state index contributed by atoms with van der Waals surface area (Å²) in [6.07, 6.45) is 11.3. The first kappa shape index (κ1) is 19.3. The SMILES string of the molecule is CC(=O)SC1CC2=CC(=O)C=C[C@]2(C)C2CC[C@@]3(C)C(C4CC4[C@@]34CCC(=O)O4)C12. The number of ether oxygens (including phenoxy) is 1. The maximum atomic E-state index is 12.2. The molecule has 4 saturated carbocycles. The number of allylic oxidation sites excluding steroid dienone is 4. The van der Waals surface area contributed by atoms with Crippen molar-refractivity contribution in [3.8, 4) is 0 Å². The van der Waals surface area contributed by atoms with Crippen LogP contribution in [0.5, 0.6) is 0 Å². The van der Waals surface area contributed by atoms with Gasteiger partial charge in [-0.1, -0.05) is 37.3 Å². The molecule has 6 rings (SSSR count). The molecule has 1 saturated heterocycles. The molecule has 1 heterocycles. The Kier molecular flexibility index (Phi) is 3.81. The Morgan fingerprint density at radius 2 is 2.00 bits per heavy atom. The van der Waals surface area contributed by atoms with E-state index < -0.39 is 0 Å². The van der Waals surface area contributed by atoms with Crippen LogP contribution in [0, 0.1) is 40.4 Å². The maximum Gasteiger partial charge on any atom is 0.306 e. The van der Waals surface area contributed by atoms with Gasteiger partial charge in [0.25, 0.3) is 0 Å². The fraction of sp³-hybridized carbons (Fsp3) is 0.720. The molecule has 5 heteroatoms. The predicted octanol–water partition coefficient (Wildman–Crippen LogP) is 4.48. The lowest BCUT2D eigenvalue weighted by Crippen LogP contribution is -2.59. The zero-order valence-corrected chi connectivity index (χ0v) is 18.8. The monoisotopic (exact) mass is 426 g/mol. The third-order valence-electron chi connectivity index (χ3n) is 9.99. The molecule has 5 aliphatic carbocycles. The second-order valence-electron chi connectivity index (χ2n) is 11.1. The van der Waals surface area contributed by atoms with Crippen molar-refractivity contribution in [3.05, 3.63) is 23.8 Å². The van der Waals surface area contributed by atoms with Crippen molar-refractivity contribution in [2.24, 2.45) is 40.4 Å². The largest absolute Gasteiger partial charge is 0.458 e. The molecule has 0 aromatic carbocycles. The molecule has 1 spiro atoms. The summed E-state index contributed by atoms with van der Waals surface area (Å²) in [5, 5.41) is 0.379. The minimum atomic E-state index is -0.273. The molecule has 0 N–H and O–H groups in total. The molecule has 0 bridgehead atoms. The van der Waals surface area contributed by atoms with Crippen LogP contribution < -0.4 is 0 Å². The Morgan fingerprint density at radius 1 is 1.20 bits per heavy atom. The van der Waals surface area contributed by atoms with E-state index in [1.165, 1.54) is 23.8 Å². The molecule has 0 aromatic heterocycles. The third kappa shape index (κ3) is 2.23. The number of hydrogen-bond acceptors (Lipinski definition) is 5. The topological polar surface area (TPSA) is 60.4 Å². The van der Waals surface area contributed by atoms with E-state index >= 15 is 0 Å². The maximum absolute atomic E-state index is 12.2. The van der Waals surface area contributed by atoms with Crippen molar-refractivity contribution in [2.75, 3.05) is 0 Å². The van der Waals surface area contributed by atoms with E-state index in [-0.39, 0.29) is 38.5 Å². The molecule has 9 atom stereocenters. The third-order valence-corrected chi connectivity index (χ3v) is 11.1. The van der Waals surface area contributed by atoms with Gasteiger partial charge in [0.05, 0.1) is 0 Å². The number of fused-ring (bicyclic) bond motifs is 9. The van der Waals surface area contributed by atoms with Gasteiger partial charge < -0.3 is 4.74 Å². The van der Waals surface area contributed by atoms with Crippen LogP contribution in [0.2, 0.25) is 0 Å². The van der Waals surface area contributed by atoms with Crippen LogP contribution in [0.1, 0.15) is 59.3 Å². The predicted molar refractivity (Wildman–Crippen MR) is 114 cm³/mol. The van der Waals surface area contributed by atoms with Gasteiger partial charge in [0.15, 0.2) is 10.9 Å². The zero-order valence-electron chi connectivity index (χ0n) is 18.0. The van der Waals surface area contributed by atoms with E-state index in [4.69, 9.17) is 4.74 Å². The van der Waals surface area contributed by atoms with Crippen LogP contribution in [-0.4, -0.2) is 27.7 Å². The smallest absolute Gasteiger partial charge is 0.306 e. The second kappa shape index (κ2) is 5.90. The summed E-state index contributed by atoms with van der Waals surface area (Å²) >= 11 is 1.49. The number of carbonyl (C=O) groups is 3. The second-order valence-corrected chi connectivity index (χ2v) is 12.5. The van der Waals surface area contributed by atoms with Crippen molar-refractivity contribution in [1.29, 1.82) is 0 Å². The lowest BCUT2D eigenvalue weighted by molar-refractivity contribution is -0.174. The molecule has 1 aliphatic heterocycles. The summed E-state index contributed by atoms with van der Waals surface area (Å²) in [7, 11) is 0. The molecule has 0 amide bonds. The standard InChI is InChI=1S/C25H30O4S/c1-13(26)30-19-11-14-10-15(27)4-7-23(14,2)17-5-8-24(3)22(21(17)19)16-12-18(16)25(24)9-6-20(28)29-25/h4,7,10,16-19,21-22H,5-6,8-9,11-12H2,1-3H3/t16?,17?,18?,19?,21?,22?,23-,24-,25-/m0/s1. The summed E-state index contributed by atoms with van der Waals surface area (Å²) in [6.45, 7) is 6.37. The first-order valence-electron chi connectivity index (χ1n) is 11.5. The fourth-order valence-electron chi connectivity index (χ4n) is 8.82. The van der Waals surface area contributed by atoms with Crippen molar-refractivity contribution in [1.82, 2.24) is 0 Å². The van der Waals surface area contributed by atoms with Crippen LogP contribution in [0.25, 0.3) is 0 Å². The van der Waals surface area contributed by atoms with Gasteiger partial charge in [0.2, 0.25) is 0 Å². The molecular weight excluding hydrogens is 396 g/mol. The Hall–Kier alpha value is -1.36. The highest BCUT2D eigenvalue weighted by molar-refractivity contribution is 8.14. The van der Waals surface area contributed by atoms with E-state index in [0.717, 1.165) is 25.7 Å². The molecule has 4 nitrogen and oxygen atoms in total. The van der Waals surface area contributed by atoms with E-state index in [2.05, 4.69) is 19.9 Å². The highest BCUT2D eigenvalue weighted by atomic mass is 32.2. The Morgan fingerprint density at radius 3 is 2.70 bits per heavy atom. The lowest BCUT2D eigenvalue weighted by atomic mass is 9.46. The van der Waals surface area contributed by atoms with Gasteiger partial charge in [0, 0.05) is 35.3 Å². The van der Waals surface area contributed by atoms with Gasteiger partial charge in [-0.2, -0.15) is 0 Å². The molecule has 160 valence electrons. The summed E-state index contributed by atoms with van der Waals surface area (Å²) in [5.41, 5.74) is 0.853. The first-order chi connectivity index (χ1) is 14.2. The van der Waals surface area contributed by atoms with Crippen LogP contribution in [0.4, 0.5) is 0 Å². The summed E-state index contributed by atoms with van der Waals surface area (Å²) in [6, 6.07) is 0. The first-order valence-corrected chi connectivity index (χ1v) is 12.4. The van der Waals surface area contributed by atoms with E-state index in [1.807, 2.05) is 6.08 Å². The number of esters is 1. The number of thioether (sulfide) groups is 1. The lowest BCUT2D eigenvalue weighted by Gasteiger charge is -2.61. The van der Waals surface area contributed by atoms with Gasteiger partial charge in [0.1, 0.15) is 5.60 Å². The number of ketones is 1. The summed E-state index contributed by atoms with van der Waals surface area (Å²) in [4.78, 5) is 36.6. The average Bonchev–Trinajstić information content (AvgIpc) is 3.31. The van der Waals surface area contributed by atoms with Gasteiger partial charge in [-0.25, -0.2) is 0 Å². The molecular formula is C25H30O4S. The number of carbonyl (C=O) groups excluding carboxylic acids is 3. The normalized spacial score (nSPS) is 52.8. The van der Waals surface area contributed by atoms with Crippen molar-refractivity contribution in [2.45, 2.75) is 70.1 Å². The minimum absolute atomic E-state index is 0.00921. The van der Waals surface area contributed by atoms with Crippen LogP contribution in [0.3, 0.4) is 0 Å². The van der Waals surface area contributed by atoms with Gasteiger partial charge in [-0.05, 0) is 67.9 Å². The van der Waals surface area contributed by atoms with Crippen molar-refractivity contribution >= 4 is 28.6 Å². The summed E-state index contributed by atoms with van der Waals surface area (Å²) < 4.78 is 6.20. The Balaban J connectivity index is 1.45. The van der Waals surface area contributed by atoms with Crippen LogP contribution in [-0.2, 0) is 19.1 Å². The fourth-order valence-corrected chi connectivity index (χ4v) is 10.0. The molecule has 30 heavy (non-hydrogen) atoms.